The summed E-state index contributed by atoms with van der Waals surface area (Å²) in [5.41, 5.74) is 0.321. The molecule has 1 saturated heterocycles. The van der Waals surface area contributed by atoms with Gasteiger partial charge in [0.25, 0.3) is 0 Å². The maximum Gasteiger partial charge on any atom is 0.168 e. The first-order valence-electron chi connectivity index (χ1n) is 5.02. The molecule has 3 atom stereocenters. The highest BCUT2D eigenvalue weighted by molar-refractivity contribution is 7.80. The molecular formula is C11H10FN3OS. The van der Waals surface area contributed by atoms with Gasteiger partial charge < -0.3 is 15.7 Å². The highest BCUT2D eigenvalue weighted by Crippen LogP contribution is 2.28. The van der Waals surface area contributed by atoms with Crippen LogP contribution in [0.1, 0.15) is 11.6 Å². The highest BCUT2D eigenvalue weighted by Gasteiger charge is 2.36. The lowest BCUT2D eigenvalue weighted by Gasteiger charge is -2.34. The van der Waals surface area contributed by atoms with Gasteiger partial charge in [-0.15, -0.1) is 0 Å². The Balaban J connectivity index is 2.39. The quantitative estimate of drug-likeness (QED) is 0.644. The number of nitrogens with zero attached hydrogens (tertiary/aromatic N) is 1. The number of hydrogen-bond donors (Lipinski definition) is 3. The second kappa shape index (κ2) is 4.65. The Morgan fingerprint density at radius 2 is 2.06 bits per heavy atom. The molecule has 17 heavy (non-hydrogen) atoms. The first-order chi connectivity index (χ1) is 8.13. The molecule has 6 heteroatoms. The molecule has 1 aliphatic heterocycles. The minimum absolute atomic E-state index is 0.206. The molecule has 0 aromatic heterocycles. The number of aliphatic hydroxyl groups is 1. The topological polar surface area (TPSA) is 68.1 Å². The SMILES string of the molecule is N#C[C@@H]1[C@H](O)NC(=S)N[C@@H]1c1ccccc1F. The maximum atomic E-state index is 13.6. The summed E-state index contributed by atoms with van der Waals surface area (Å²) in [6, 6.07) is 7.41. The summed E-state index contributed by atoms with van der Waals surface area (Å²) in [5, 5.41) is 24.2. The normalized spacial score (nSPS) is 27.8. The molecule has 3 N–H and O–H groups in total. The van der Waals surface area contributed by atoms with Crippen LogP contribution in [0.3, 0.4) is 0 Å². The van der Waals surface area contributed by atoms with Crippen molar-refractivity contribution in [1.29, 1.82) is 5.26 Å². The Kier molecular flexibility index (Phi) is 3.22. The van der Waals surface area contributed by atoms with Crippen LogP contribution in [-0.2, 0) is 0 Å². The number of nitriles is 1. The molecule has 2 rings (SSSR count). The van der Waals surface area contributed by atoms with Crippen LogP contribution in [0.5, 0.6) is 0 Å². The number of nitrogens with one attached hydrogen (secondary N) is 2. The number of aliphatic hydroxyl groups excluding tert-OH is 1. The van der Waals surface area contributed by atoms with Gasteiger partial charge in [-0.05, 0) is 18.3 Å². The van der Waals surface area contributed by atoms with Crippen LogP contribution in [0, 0.1) is 23.1 Å². The van der Waals surface area contributed by atoms with Crippen molar-refractivity contribution < 1.29 is 9.50 Å². The van der Waals surface area contributed by atoms with Crippen molar-refractivity contribution in [2.24, 2.45) is 5.92 Å². The summed E-state index contributed by atoms with van der Waals surface area (Å²) in [4.78, 5) is 0. The standard InChI is InChI=1S/C11H10FN3OS/c12-8-4-2-1-3-6(8)9-7(5-13)10(16)15-11(17)14-9/h1-4,7,9-10,16H,(H2,14,15,17)/t7-,9+,10-/m0/s1. The summed E-state index contributed by atoms with van der Waals surface area (Å²) in [6.07, 6.45) is -1.10. The van der Waals surface area contributed by atoms with Crippen LogP contribution in [0.2, 0.25) is 0 Å². The van der Waals surface area contributed by atoms with E-state index in [0.717, 1.165) is 0 Å². The Morgan fingerprint density at radius 3 is 2.71 bits per heavy atom. The second-order valence-corrected chi connectivity index (χ2v) is 4.12. The Bertz CT molecular complexity index is 488. The van der Waals surface area contributed by atoms with Crippen LogP contribution in [0.25, 0.3) is 0 Å². The van der Waals surface area contributed by atoms with Crippen LogP contribution < -0.4 is 10.6 Å². The van der Waals surface area contributed by atoms with E-state index >= 15 is 0 Å². The van der Waals surface area contributed by atoms with Gasteiger partial charge in [-0.3, -0.25) is 0 Å². The molecule has 0 aliphatic carbocycles. The van der Waals surface area contributed by atoms with E-state index in [0.29, 0.717) is 5.56 Å². The zero-order valence-electron chi connectivity index (χ0n) is 8.72. The van der Waals surface area contributed by atoms with Crippen LogP contribution in [-0.4, -0.2) is 16.4 Å². The van der Waals surface area contributed by atoms with Crippen molar-refractivity contribution >= 4 is 17.3 Å². The zero-order valence-corrected chi connectivity index (χ0v) is 9.54. The largest absolute Gasteiger partial charge is 0.372 e. The van der Waals surface area contributed by atoms with Crippen molar-refractivity contribution in [3.8, 4) is 6.07 Å². The molecule has 0 spiro atoms. The minimum Gasteiger partial charge on any atom is -0.372 e. The fourth-order valence-corrected chi connectivity index (χ4v) is 2.07. The lowest BCUT2D eigenvalue weighted by Crippen LogP contribution is -2.56. The second-order valence-electron chi connectivity index (χ2n) is 3.72. The van der Waals surface area contributed by atoms with E-state index in [9.17, 15) is 9.50 Å². The van der Waals surface area contributed by atoms with E-state index in [1.807, 2.05) is 6.07 Å². The summed E-state index contributed by atoms with van der Waals surface area (Å²) in [6.45, 7) is 0. The van der Waals surface area contributed by atoms with E-state index in [1.54, 1.807) is 18.2 Å². The van der Waals surface area contributed by atoms with Gasteiger partial charge in [-0.2, -0.15) is 5.26 Å². The molecule has 0 amide bonds. The van der Waals surface area contributed by atoms with Gasteiger partial charge in [0.1, 0.15) is 18.0 Å². The van der Waals surface area contributed by atoms with Crippen LogP contribution in [0.15, 0.2) is 24.3 Å². The van der Waals surface area contributed by atoms with Gasteiger partial charge >= 0.3 is 0 Å². The van der Waals surface area contributed by atoms with E-state index in [-0.39, 0.29) is 5.11 Å². The first-order valence-corrected chi connectivity index (χ1v) is 5.43. The summed E-state index contributed by atoms with van der Waals surface area (Å²) >= 11 is 4.89. The summed E-state index contributed by atoms with van der Waals surface area (Å²) < 4.78 is 13.6. The van der Waals surface area contributed by atoms with E-state index < -0.39 is 24.0 Å². The van der Waals surface area contributed by atoms with Crippen LogP contribution in [0.4, 0.5) is 4.39 Å². The summed E-state index contributed by atoms with van der Waals surface area (Å²) in [7, 11) is 0. The van der Waals surface area contributed by atoms with E-state index in [4.69, 9.17) is 17.5 Å². The fourth-order valence-electron chi connectivity index (χ4n) is 1.82. The van der Waals surface area contributed by atoms with Gasteiger partial charge in [-0.1, -0.05) is 18.2 Å². The van der Waals surface area contributed by atoms with Gasteiger partial charge in [0.05, 0.1) is 12.1 Å². The van der Waals surface area contributed by atoms with Crippen LogP contribution >= 0.6 is 12.2 Å². The Labute approximate surface area is 103 Å². The molecule has 1 aromatic carbocycles. The number of rotatable bonds is 1. The van der Waals surface area contributed by atoms with Gasteiger partial charge in [0.2, 0.25) is 0 Å². The maximum absolute atomic E-state index is 13.6. The molecule has 1 fully saturated rings. The molecular weight excluding hydrogens is 241 g/mol. The number of hydrogen-bond acceptors (Lipinski definition) is 3. The summed E-state index contributed by atoms with van der Waals surface area (Å²) in [5.74, 6) is -1.24. The molecule has 0 bridgehead atoms. The van der Waals surface area contributed by atoms with E-state index in [2.05, 4.69) is 10.6 Å². The fraction of sp³-hybridized carbons (Fsp3) is 0.273. The number of benzene rings is 1. The predicted molar refractivity (Wildman–Crippen MR) is 63.1 cm³/mol. The van der Waals surface area contributed by atoms with Gasteiger partial charge in [-0.25, -0.2) is 4.39 Å². The van der Waals surface area contributed by atoms with Gasteiger partial charge in [0.15, 0.2) is 5.11 Å². The third-order valence-electron chi connectivity index (χ3n) is 2.65. The number of thiocarbonyl (C=S) groups is 1. The third-order valence-corrected chi connectivity index (χ3v) is 2.89. The van der Waals surface area contributed by atoms with Crippen molar-refractivity contribution in [1.82, 2.24) is 10.6 Å². The Morgan fingerprint density at radius 1 is 1.35 bits per heavy atom. The molecule has 1 aromatic rings. The average molecular weight is 251 g/mol. The molecule has 4 nitrogen and oxygen atoms in total. The molecule has 0 saturated carbocycles. The smallest absolute Gasteiger partial charge is 0.168 e. The van der Waals surface area contributed by atoms with Crippen molar-refractivity contribution in [3.63, 3.8) is 0 Å². The highest BCUT2D eigenvalue weighted by atomic mass is 32.1. The zero-order chi connectivity index (χ0) is 12.4. The molecule has 88 valence electrons. The first kappa shape index (κ1) is 11.8. The van der Waals surface area contributed by atoms with Crippen molar-refractivity contribution in [3.05, 3.63) is 35.6 Å². The molecule has 1 heterocycles. The van der Waals surface area contributed by atoms with Gasteiger partial charge in [0, 0.05) is 5.56 Å². The van der Waals surface area contributed by atoms with E-state index in [1.165, 1.54) is 6.07 Å². The van der Waals surface area contributed by atoms with Crippen molar-refractivity contribution in [2.45, 2.75) is 12.3 Å². The monoisotopic (exact) mass is 251 g/mol. The average Bonchev–Trinajstić information content (AvgIpc) is 2.28. The number of halogens is 1. The predicted octanol–water partition coefficient (Wildman–Crippen LogP) is 0.803. The molecule has 0 radical (unpaired) electrons. The third kappa shape index (κ3) is 2.20. The minimum atomic E-state index is -1.10. The molecule has 1 aliphatic rings. The Hall–Kier alpha value is -1.71. The van der Waals surface area contributed by atoms with Crippen molar-refractivity contribution in [2.75, 3.05) is 0 Å². The lowest BCUT2D eigenvalue weighted by molar-refractivity contribution is 0.0888. The molecule has 0 unspecified atom stereocenters. The lowest BCUT2D eigenvalue weighted by atomic mass is 9.91.